The summed E-state index contributed by atoms with van der Waals surface area (Å²) in [5, 5.41) is 6.34. The summed E-state index contributed by atoms with van der Waals surface area (Å²) in [4.78, 5) is 26.6. The van der Waals surface area contributed by atoms with Gasteiger partial charge in [-0.2, -0.15) is 0 Å². The van der Waals surface area contributed by atoms with E-state index in [1.54, 1.807) is 24.3 Å². The molecule has 0 atom stereocenters. The first kappa shape index (κ1) is 18.7. The maximum Gasteiger partial charge on any atom is 0.294 e. The van der Waals surface area contributed by atoms with E-state index in [4.69, 9.17) is 11.6 Å². The van der Waals surface area contributed by atoms with E-state index in [0.29, 0.717) is 22.5 Å². The summed E-state index contributed by atoms with van der Waals surface area (Å²) in [5.74, 6) is -0.184. The molecule has 1 fully saturated rings. The van der Waals surface area contributed by atoms with E-state index >= 15 is 0 Å². The molecule has 0 radical (unpaired) electrons. The Morgan fingerprint density at radius 1 is 1.11 bits per heavy atom. The lowest BCUT2D eigenvalue weighted by atomic mass is 9.85. The number of nitrogens with one attached hydrogen (secondary N) is 1. The van der Waals surface area contributed by atoms with E-state index in [-0.39, 0.29) is 16.9 Å². The van der Waals surface area contributed by atoms with Gasteiger partial charge in [0.1, 0.15) is 5.69 Å². The van der Waals surface area contributed by atoms with Gasteiger partial charge in [-0.15, -0.1) is 9.89 Å². The zero-order valence-corrected chi connectivity index (χ0v) is 16.5. The van der Waals surface area contributed by atoms with Crippen molar-refractivity contribution in [2.24, 2.45) is 5.41 Å². The van der Waals surface area contributed by atoms with Crippen LogP contribution in [0.2, 0.25) is 5.02 Å². The molecule has 0 unspecified atom stereocenters. The van der Waals surface area contributed by atoms with Crippen LogP contribution in [0, 0.1) is 5.41 Å². The van der Waals surface area contributed by atoms with Crippen LogP contribution < -0.4 is 11.0 Å². The van der Waals surface area contributed by atoms with Gasteiger partial charge in [-0.05, 0) is 36.5 Å². The Balaban J connectivity index is 1.74. The summed E-state index contributed by atoms with van der Waals surface area (Å²) >= 11 is 6.00. The van der Waals surface area contributed by atoms with Crippen LogP contribution in [0.25, 0.3) is 22.0 Å². The average molecular weight is 396 g/mol. The molecule has 0 aliphatic heterocycles. The number of aromatic nitrogens is 2. The first-order valence-electron chi connectivity index (χ1n) is 9.53. The van der Waals surface area contributed by atoms with Crippen LogP contribution in [0.1, 0.15) is 39.0 Å². The first-order valence-corrected chi connectivity index (χ1v) is 9.91. The molecule has 28 heavy (non-hydrogen) atoms. The van der Waals surface area contributed by atoms with Crippen molar-refractivity contribution in [3.8, 4) is 11.3 Å². The highest BCUT2D eigenvalue weighted by Gasteiger charge is 2.31. The largest absolute Gasteiger partial charge is 0.294 e. The third-order valence-electron chi connectivity index (χ3n) is 5.55. The summed E-state index contributed by atoms with van der Waals surface area (Å²) in [6.45, 7) is 2.13. The second-order valence-corrected chi connectivity index (χ2v) is 8.28. The van der Waals surface area contributed by atoms with Crippen molar-refractivity contribution in [3.05, 3.63) is 63.9 Å². The summed E-state index contributed by atoms with van der Waals surface area (Å²) in [5.41, 5.74) is 3.82. The predicted molar refractivity (Wildman–Crippen MR) is 112 cm³/mol. The van der Waals surface area contributed by atoms with E-state index in [1.807, 2.05) is 24.3 Å². The van der Waals surface area contributed by atoms with Crippen molar-refractivity contribution < 1.29 is 4.79 Å². The van der Waals surface area contributed by atoms with Crippen molar-refractivity contribution in [2.45, 2.75) is 39.0 Å². The highest BCUT2D eigenvalue weighted by molar-refractivity contribution is 6.30. The van der Waals surface area contributed by atoms with Gasteiger partial charge in [0.15, 0.2) is 0 Å². The zero-order chi connectivity index (χ0) is 19.7. The Morgan fingerprint density at radius 3 is 2.43 bits per heavy atom. The molecule has 1 heterocycles. The first-order chi connectivity index (χ1) is 13.5. The fourth-order valence-electron chi connectivity index (χ4n) is 4.04. The van der Waals surface area contributed by atoms with Crippen LogP contribution >= 0.6 is 11.6 Å². The van der Waals surface area contributed by atoms with Crippen LogP contribution in [0.4, 0.5) is 0 Å². The van der Waals surface area contributed by atoms with Crippen LogP contribution in [0.15, 0.2) is 53.3 Å². The standard InChI is InChI=1S/C22H22ClN3O2/c1-22(12-4-5-13-22)14-19(27)24-26-21(28)18-7-3-2-6-17(18)20(25-26)15-8-10-16(23)11-9-15/h2-3,6-11H,4-5,12-14H2,1H3,(H,24,27). The molecule has 0 spiro atoms. The highest BCUT2D eigenvalue weighted by atomic mass is 35.5. The SMILES string of the molecule is CC1(CC(=O)Nn2nc(-c3ccc(Cl)cc3)c3ccccc3c2=O)CCCC1. The Hall–Kier alpha value is -2.66. The molecular weight excluding hydrogens is 374 g/mol. The molecule has 0 bridgehead atoms. The number of rotatable bonds is 4. The van der Waals surface area contributed by atoms with E-state index < -0.39 is 0 Å². The molecule has 4 rings (SSSR count). The molecule has 0 saturated heterocycles. The number of fused-ring (bicyclic) bond motifs is 1. The fourth-order valence-corrected chi connectivity index (χ4v) is 4.16. The molecule has 1 aliphatic rings. The number of benzene rings is 2. The van der Waals surface area contributed by atoms with Gasteiger partial charge in [-0.1, -0.05) is 61.7 Å². The van der Waals surface area contributed by atoms with Crippen LogP contribution in [0.5, 0.6) is 0 Å². The van der Waals surface area contributed by atoms with Gasteiger partial charge in [-0.3, -0.25) is 9.59 Å². The number of amides is 1. The van der Waals surface area contributed by atoms with Crippen molar-refractivity contribution in [2.75, 3.05) is 5.43 Å². The lowest BCUT2D eigenvalue weighted by Gasteiger charge is -2.22. The lowest BCUT2D eigenvalue weighted by molar-refractivity contribution is -0.119. The molecule has 2 aromatic carbocycles. The molecule has 144 valence electrons. The number of carbonyl (C=O) groups is 1. The topological polar surface area (TPSA) is 64.0 Å². The molecule has 1 saturated carbocycles. The van der Waals surface area contributed by atoms with E-state index in [2.05, 4.69) is 17.4 Å². The molecule has 5 nitrogen and oxygen atoms in total. The molecule has 1 amide bonds. The molecule has 1 N–H and O–H groups in total. The number of hydrogen-bond acceptors (Lipinski definition) is 3. The smallest absolute Gasteiger partial charge is 0.273 e. The summed E-state index contributed by atoms with van der Waals surface area (Å²) < 4.78 is 0. The van der Waals surface area contributed by atoms with Crippen molar-refractivity contribution in [3.63, 3.8) is 0 Å². The quantitative estimate of drug-likeness (QED) is 0.692. The average Bonchev–Trinajstić information content (AvgIpc) is 3.10. The third kappa shape index (κ3) is 3.67. The zero-order valence-electron chi connectivity index (χ0n) is 15.7. The van der Waals surface area contributed by atoms with E-state index in [0.717, 1.165) is 41.4 Å². The Bertz CT molecular complexity index is 1080. The third-order valence-corrected chi connectivity index (χ3v) is 5.80. The lowest BCUT2D eigenvalue weighted by Crippen LogP contribution is -2.37. The minimum Gasteiger partial charge on any atom is -0.273 e. The minimum atomic E-state index is -0.335. The van der Waals surface area contributed by atoms with Gasteiger partial charge in [0.2, 0.25) is 5.91 Å². The normalized spacial score (nSPS) is 15.6. The maximum atomic E-state index is 12.9. The van der Waals surface area contributed by atoms with Crippen molar-refractivity contribution in [1.29, 1.82) is 0 Å². The van der Waals surface area contributed by atoms with E-state index in [1.165, 1.54) is 0 Å². The van der Waals surface area contributed by atoms with Gasteiger partial charge >= 0.3 is 0 Å². The number of nitrogens with zero attached hydrogens (tertiary/aromatic N) is 2. The second-order valence-electron chi connectivity index (χ2n) is 7.85. The molecule has 1 aromatic heterocycles. The van der Waals surface area contributed by atoms with Gasteiger partial charge in [0.25, 0.3) is 5.56 Å². The van der Waals surface area contributed by atoms with Crippen molar-refractivity contribution in [1.82, 2.24) is 9.89 Å². The Labute approximate surface area is 168 Å². The maximum absolute atomic E-state index is 12.9. The predicted octanol–water partition coefficient (Wildman–Crippen LogP) is 4.76. The van der Waals surface area contributed by atoms with E-state index in [9.17, 15) is 9.59 Å². The van der Waals surface area contributed by atoms with Gasteiger partial charge < -0.3 is 0 Å². The van der Waals surface area contributed by atoms with Crippen molar-refractivity contribution >= 4 is 28.3 Å². The van der Waals surface area contributed by atoms with Crippen LogP contribution in [0.3, 0.4) is 0 Å². The number of carbonyl (C=O) groups excluding carboxylic acids is 1. The van der Waals surface area contributed by atoms with Gasteiger partial charge in [0, 0.05) is 22.4 Å². The monoisotopic (exact) mass is 395 g/mol. The molecular formula is C22H22ClN3O2. The number of halogens is 1. The van der Waals surface area contributed by atoms with Crippen LogP contribution in [-0.4, -0.2) is 15.8 Å². The highest BCUT2D eigenvalue weighted by Crippen LogP contribution is 2.40. The Kier molecular flexibility index (Phi) is 4.94. The number of hydrogen-bond donors (Lipinski definition) is 1. The molecule has 3 aromatic rings. The summed E-state index contributed by atoms with van der Waals surface area (Å²) in [6.07, 6.45) is 4.77. The summed E-state index contributed by atoms with van der Waals surface area (Å²) in [7, 11) is 0. The molecule has 1 aliphatic carbocycles. The Morgan fingerprint density at radius 2 is 1.75 bits per heavy atom. The summed E-state index contributed by atoms with van der Waals surface area (Å²) in [6, 6.07) is 14.6. The molecule has 6 heteroatoms. The van der Waals surface area contributed by atoms with Gasteiger partial charge in [-0.25, -0.2) is 5.43 Å². The second kappa shape index (κ2) is 7.40. The minimum absolute atomic E-state index is 0.00352. The van der Waals surface area contributed by atoms with Gasteiger partial charge in [0.05, 0.1) is 5.39 Å². The van der Waals surface area contributed by atoms with Crippen LogP contribution in [-0.2, 0) is 4.79 Å². The fraction of sp³-hybridized carbons (Fsp3) is 0.318.